The molecule has 3 heterocycles. The Kier molecular flexibility index (Phi) is 8.18. The lowest BCUT2D eigenvalue weighted by atomic mass is 9.86. The number of nitrogens with one attached hydrogen (secondary N) is 2. The van der Waals surface area contributed by atoms with Gasteiger partial charge in [-0.1, -0.05) is 32.9 Å². The van der Waals surface area contributed by atoms with Crippen LogP contribution in [0.1, 0.15) is 57.4 Å². The Morgan fingerprint density at radius 2 is 1.30 bits per heavy atom. The molecule has 10 heteroatoms. The monoisotopic (exact) mass is 597 g/mol. The molecule has 6 rings (SSSR count). The molecule has 10 nitrogen and oxygen atoms in total. The molecule has 0 radical (unpaired) electrons. The topological polar surface area (TPSA) is 103 Å². The second kappa shape index (κ2) is 12.2. The van der Waals surface area contributed by atoms with Crippen molar-refractivity contribution in [1.82, 2.24) is 15.1 Å². The highest BCUT2D eigenvalue weighted by atomic mass is 16.7. The van der Waals surface area contributed by atoms with Gasteiger partial charge in [0.25, 0.3) is 17.7 Å². The van der Waals surface area contributed by atoms with Gasteiger partial charge in [0.1, 0.15) is 0 Å². The van der Waals surface area contributed by atoms with Crippen molar-refractivity contribution in [3.8, 4) is 11.5 Å². The van der Waals surface area contributed by atoms with Crippen molar-refractivity contribution in [2.24, 2.45) is 0 Å². The van der Waals surface area contributed by atoms with Crippen LogP contribution in [0.3, 0.4) is 0 Å². The van der Waals surface area contributed by atoms with Crippen LogP contribution in [0.2, 0.25) is 0 Å². The lowest BCUT2D eigenvalue weighted by molar-refractivity contribution is 0.0731. The van der Waals surface area contributed by atoms with E-state index in [0.717, 1.165) is 24.3 Å². The van der Waals surface area contributed by atoms with Crippen LogP contribution in [0.4, 0.5) is 11.4 Å². The zero-order chi connectivity index (χ0) is 30.8. The first kappa shape index (κ1) is 29.5. The summed E-state index contributed by atoms with van der Waals surface area (Å²) in [5.41, 5.74) is 4.15. The Labute approximate surface area is 257 Å². The van der Waals surface area contributed by atoms with E-state index in [1.807, 2.05) is 46.2 Å². The lowest BCUT2D eigenvalue weighted by Gasteiger charge is -2.37. The van der Waals surface area contributed by atoms with Gasteiger partial charge in [-0.25, -0.2) is 0 Å². The maximum absolute atomic E-state index is 13.5. The Bertz CT molecular complexity index is 1550. The average Bonchev–Trinajstić information content (AvgIpc) is 3.52. The van der Waals surface area contributed by atoms with Crippen LogP contribution < -0.4 is 25.0 Å². The summed E-state index contributed by atoms with van der Waals surface area (Å²) in [4.78, 5) is 45.9. The Morgan fingerprint density at radius 3 is 1.98 bits per heavy atom. The molecule has 230 valence electrons. The van der Waals surface area contributed by atoms with E-state index in [1.54, 1.807) is 24.3 Å². The summed E-state index contributed by atoms with van der Waals surface area (Å²) in [5.74, 6) is 0.868. The summed E-state index contributed by atoms with van der Waals surface area (Å²) < 4.78 is 10.8. The smallest absolute Gasteiger partial charge is 0.255 e. The standard InChI is InChI=1S/C34H39N5O5/c1-34(2,3)26-8-4-23(5-9-26)31(40)36-27-20-24(32(41)38-14-12-35-13-15-38)6-10-28(27)37-16-18-39(19-17-37)33(42)25-7-11-29-30(21-25)44-22-43-29/h4-11,20-21,35H,12-19,22H2,1-3H3,(H,36,40). The summed E-state index contributed by atoms with van der Waals surface area (Å²) in [6, 6.07) is 18.4. The van der Waals surface area contributed by atoms with Crippen LogP contribution in [0, 0.1) is 0 Å². The van der Waals surface area contributed by atoms with Crippen LogP contribution >= 0.6 is 0 Å². The fourth-order valence-electron chi connectivity index (χ4n) is 5.77. The van der Waals surface area contributed by atoms with Gasteiger partial charge < -0.3 is 34.8 Å². The van der Waals surface area contributed by atoms with E-state index >= 15 is 0 Å². The molecular weight excluding hydrogens is 558 g/mol. The highest BCUT2D eigenvalue weighted by molar-refractivity contribution is 6.07. The van der Waals surface area contributed by atoms with Gasteiger partial charge in [-0.05, 0) is 59.5 Å². The largest absolute Gasteiger partial charge is 0.454 e. The number of ether oxygens (including phenoxy) is 2. The number of anilines is 2. The minimum Gasteiger partial charge on any atom is -0.454 e. The molecule has 0 atom stereocenters. The van der Waals surface area contributed by atoms with Crippen LogP contribution in [0.25, 0.3) is 0 Å². The molecule has 3 aliphatic heterocycles. The van der Waals surface area contributed by atoms with Crippen molar-refractivity contribution < 1.29 is 23.9 Å². The summed E-state index contributed by atoms with van der Waals surface area (Å²) in [6.45, 7) is 11.5. The normalized spacial score (nSPS) is 16.6. The molecule has 44 heavy (non-hydrogen) atoms. The van der Waals surface area contributed by atoms with Gasteiger partial charge in [0.05, 0.1) is 11.4 Å². The van der Waals surface area contributed by atoms with Crippen LogP contribution in [0.5, 0.6) is 11.5 Å². The number of carbonyl (C=O) groups excluding carboxylic acids is 3. The third-order valence-electron chi connectivity index (χ3n) is 8.44. The second-order valence-electron chi connectivity index (χ2n) is 12.4. The molecule has 0 aliphatic carbocycles. The van der Waals surface area contributed by atoms with E-state index in [2.05, 4.69) is 36.3 Å². The van der Waals surface area contributed by atoms with Crippen LogP contribution in [0.15, 0.2) is 60.7 Å². The van der Waals surface area contributed by atoms with Crippen LogP contribution in [-0.2, 0) is 5.41 Å². The highest BCUT2D eigenvalue weighted by Crippen LogP contribution is 2.34. The molecule has 0 saturated carbocycles. The molecule has 0 spiro atoms. The van der Waals surface area contributed by atoms with Crippen molar-refractivity contribution in [3.05, 3.63) is 82.9 Å². The minimum absolute atomic E-state index is 0.0207. The Balaban J connectivity index is 1.21. The Morgan fingerprint density at radius 1 is 0.705 bits per heavy atom. The number of carbonyl (C=O) groups is 3. The van der Waals surface area contributed by atoms with E-state index in [0.29, 0.717) is 73.1 Å². The van der Waals surface area contributed by atoms with Crippen LogP contribution in [-0.4, -0.2) is 86.7 Å². The van der Waals surface area contributed by atoms with E-state index in [-0.39, 0.29) is 29.9 Å². The van der Waals surface area contributed by atoms with Gasteiger partial charge in [0, 0.05) is 69.0 Å². The van der Waals surface area contributed by atoms with E-state index < -0.39 is 0 Å². The molecule has 2 saturated heterocycles. The van der Waals surface area contributed by atoms with E-state index in [9.17, 15) is 14.4 Å². The molecular formula is C34H39N5O5. The van der Waals surface area contributed by atoms with Gasteiger partial charge in [-0.15, -0.1) is 0 Å². The molecule has 3 aliphatic rings. The summed E-state index contributed by atoms with van der Waals surface area (Å²) >= 11 is 0. The predicted molar refractivity (Wildman–Crippen MR) is 169 cm³/mol. The maximum atomic E-state index is 13.5. The second-order valence-corrected chi connectivity index (χ2v) is 12.4. The van der Waals surface area contributed by atoms with Crippen molar-refractivity contribution in [3.63, 3.8) is 0 Å². The third kappa shape index (κ3) is 6.21. The fraction of sp³-hybridized carbons (Fsp3) is 0.382. The van der Waals surface area contributed by atoms with E-state index in [4.69, 9.17) is 9.47 Å². The third-order valence-corrected chi connectivity index (χ3v) is 8.44. The van der Waals surface area contributed by atoms with Gasteiger partial charge in [-0.3, -0.25) is 14.4 Å². The lowest BCUT2D eigenvalue weighted by Crippen LogP contribution is -2.49. The molecule has 3 amide bonds. The van der Waals surface area contributed by atoms with Gasteiger partial charge in [0.2, 0.25) is 6.79 Å². The summed E-state index contributed by atoms with van der Waals surface area (Å²) in [6.07, 6.45) is 0. The molecule has 2 fully saturated rings. The molecule has 0 aromatic heterocycles. The first-order valence-electron chi connectivity index (χ1n) is 15.2. The fourth-order valence-corrected chi connectivity index (χ4v) is 5.77. The predicted octanol–water partition coefficient (Wildman–Crippen LogP) is 3.97. The zero-order valence-electron chi connectivity index (χ0n) is 25.5. The van der Waals surface area contributed by atoms with Gasteiger partial charge in [-0.2, -0.15) is 0 Å². The van der Waals surface area contributed by atoms with Gasteiger partial charge in [0.15, 0.2) is 11.5 Å². The zero-order valence-corrected chi connectivity index (χ0v) is 25.5. The number of hydrogen-bond acceptors (Lipinski definition) is 7. The minimum atomic E-state index is -0.241. The summed E-state index contributed by atoms with van der Waals surface area (Å²) in [5, 5.41) is 6.37. The molecule has 0 bridgehead atoms. The first-order valence-corrected chi connectivity index (χ1v) is 15.2. The van der Waals surface area contributed by atoms with Crippen molar-refractivity contribution >= 4 is 29.1 Å². The number of rotatable bonds is 5. The van der Waals surface area contributed by atoms with Crippen molar-refractivity contribution in [2.45, 2.75) is 26.2 Å². The quantitative estimate of drug-likeness (QED) is 0.459. The summed E-state index contributed by atoms with van der Waals surface area (Å²) in [7, 11) is 0. The molecule has 0 unspecified atom stereocenters. The average molecular weight is 598 g/mol. The van der Waals surface area contributed by atoms with Gasteiger partial charge >= 0.3 is 0 Å². The number of nitrogens with zero attached hydrogens (tertiary/aromatic N) is 3. The van der Waals surface area contributed by atoms with Crippen molar-refractivity contribution in [1.29, 1.82) is 0 Å². The molecule has 3 aromatic carbocycles. The molecule has 3 aromatic rings. The number of fused-ring (bicyclic) bond motifs is 1. The first-order chi connectivity index (χ1) is 21.2. The highest BCUT2D eigenvalue weighted by Gasteiger charge is 2.27. The number of amides is 3. The SMILES string of the molecule is CC(C)(C)c1ccc(C(=O)Nc2cc(C(=O)N3CCNCC3)ccc2N2CCN(C(=O)c3ccc4c(c3)OCO4)CC2)cc1. The number of hydrogen-bond donors (Lipinski definition) is 2. The molecule has 2 N–H and O–H groups in total. The number of benzene rings is 3. The Hall–Kier alpha value is -4.57. The van der Waals surface area contributed by atoms with Crippen molar-refractivity contribution in [2.75, 3.05) is 69.4 Å². The van der Waals surface area contributed by atoms with E-state index in [1.165, 1.54) is 0 Å². The number of piperazine rings is 2. The maximum Gasteiger partial charge on any atom is 0.255 e.